The quantitative estimate of drug-likeness (QED) is 0.642. The van der Waals surface area contributed by atoms with Crippen molar-refractivity contribution in [1.82, 2.24) is 4.72 Å². The Bertz CT molecular complexity index is 955. The zero-order valence-corrected chi connectivity index (χ0v) is 14.1. The standard InChI is InChI=1S/C16H16N4O4S/c1-9-2-7-13-12(8-9)19-15(20-25(13,23)24)16(22)18-11-5-3-10(4-6-11)14(17)21/h2-8,15,19-20H,1H3,(H2,17,21)(H,18,22)/t15-/m1/s1. The number of hydrogen-bond donors (Lipinski definition) is 4. The molecule has 3 rings (SSSR count). The molecule has 0 saturated heterocycles. The average Bonchev–Trinajstić information content (AvgIpc) is 2.54. The average molecular weight is 360 g/mol. The third kappa shape index (κ3) is 3.47. The second-order valence-corrected chi connectivity index (χ2v) is 7.31. The van der Waals surface area contributed by atoms with E-state index in [9.17, 15) is 18.0 Å². The molecule has 1 atom stereocenters. The number of benzene rings is 2. The molecular weight excluding hydrogens is 344 g/mol. The van der Waals surface area contributed by atoms with Gasteiger partial charge in [-0.05, 0) is 48.9 Å². The summed E-state index contributed by atoms with van der Waals surface area (Å²) >= 11 is 0. The fourth-order valence-corrected chi connectivity index (χ4v) is 3.70. The van der Waals surface area contributed by atoms with Crippen molar-refractivity contribution in [3.63, 3.8) is 0 Å². The third-order valence-corrected chi connectivity index (χ3v) is 5.18. The lowest BCUT2D eigenvalue weighted by Crippen LogP contribution is -2.51. The van der Waals surface area contributed by atoms with Crippen LogP contribution in [-0.2, 0) is 14.8 Å². The molecular formula is C16H16N4O4S. The van der Waals surface area contributed by atoms with Crippen LogP contribution in [-0.4, -0.2) is 26.4 Å². The first-order chi connectivity index (χ1) is 11.8. The number of carbonyl (C=O) groups is 2. The predicted octanol–water partition coefficient (Wildman–Crippen LogP) is 0.763. The van der Waals surface area contributed by atoms with Crippen LogP contribution in [0.1, 0.15) is 15.9 Å². The van der Waals surface area contributed by atoms with E-state index in [4.69, 9.17) is 5.73 Å². The van der Waals surface area contributed by atoms with E-state index in [1.165, 1.54) is 30.3 Å². The van der Waals surface area contributed by atoms with E-state index < -0.39 is 28.0 Å². The van der Waals surface area contributed by atoms with Crippen LogP contribution in [0.3, 0.4) is 0 Å². The molecule has 1 heterocycles. The minimum atomic E-state index is -3.80. The lowest BCUT2D eigenvalue weighted by molar-refractivity contribution is -0.117. The lowest BCUT2D eigenvalue weighted by atomic mass is 10.2. The summed E-state index contributed by atoms with van der Waals surface area (Å²) in [5, 5.41) is 5.45. The van der Waals surface area contributed by atoms with Gasteiger partial charge in [-0.25, -0.2) is 8.42 Å². The van der Waals surface area contributed by atoms with Crippen LogP contribution in [0.15, 0.2) is 47.4 Å². The van der Waals surface area contributed by atoms with Gasteiger partial charge in [0, 0.05) is 11.3 Å². The maximum Gasteiger partial charge on any atom is 0.262 e. The molecule has 2 aromatic carbocycles. The van der Waals surface area contributed by atoms with Crippen molar-refractivity contribution < 1.29 is 18.0 Å². The molecule has 0 unspecified atom stereocenters. The molecule has 2 aromatic rings. The Labute approximate surface area is 144 Å². The number of fused-ring (bicyclic) bond motifs is 1. The van der Waals surface area contributed by atoms with Gasteiger partial charge in [0.1, 0.15) is 4.90 Å². The SMILES string of the molecule is Cc1ccc2c(c1)N[C@@H](C(=O)Nc1ccc(C(N)=O)cc1)NS2(=O)=O. The fourth-order valence-electron chi connectivity index (χ4n) is 2.45. The molecule has 0 bridgehead atoms. The van der Waals surface area contributed by atoms with Crippen molar-refractivity contribution in [2.45, 2.75) is 18.0 Å². The normalized spacial score (nSPS) is 17.9. The minimum absolute atomic E-state index is 0.0907. The number of nitrogens with two attached hydrogens (primary N) is 1. The van der Waals surface area contributed by atoms with E-state index in [0.717, 1.165) is 5.56 Å². The number of nitrogens with one attached hydrogen (secondary N) is 3. The Kier molecular flexibility index (Phi) is 4.19. The van der Waals surface area contributed by atoms with Gasteiger partial charge in [0.05, 0.1) is 5.69 Å². The molecule has 0 aliphatic carbocycles. The van der Waals surface area contributed by atoms with Crippen LogP contribution in [0.25, 0.3) is 0 Å². The summed E-state index contributed by atoms with van der Waals surface area (Å²) in [7, 11) is -3.80. The van der Waals surface area contributed by atoms with Gasteiger partial charge in [-0.15, -0.1) is 0 Å². The maximum absolute atomic E-state index is 12.4. The molecule has 1 aliphatic rings. The highest BCUT2D eigenvalue weighted by Crippen LogP contribution is 2.27. The first kappa shape index (κ1) is 16.9. The highest BCUT2D eigenvalue weighted by Gasteiger charge is 2.33. The molecule has 0 saturated carbocycles. The largest absolute Gasteiger partial charge is 0.366 e. The van der Waals surface area contributed by atoms with E-state index in [1.807, 2.05) is 6.92 Å². The molecule has 0 spiro atoms. The van der Waals surface area contributed by atoms with E-state index in [0.29, 0.717) is 16.9 Å². The smallest absolute Gasteiger partial charge is 0.262 e. The second-order valence-electron chi connectivity index (χ2n) is 5.63. The first-order valence-electron chi connectivity index (χ1n) is 7.36. The van der Waals surface area contributed by atoms with Gasteiger partial charge in [-0.2, -0.15) is 4.72 Å². The second kappa shape index (κ2) is 6.19. The van der Waals surface area contributed by atoms with Crippen molar-refractivity contribution in [1.29, 1.82) is 0 Å². The number of primary amides is 1. The van der Waals surface area contributed by atoms with Crippen LogP contribution in [0.4, 0.5) is 11.4 Å². The summed E-state index contributed by atoms with van der Waals surface area (Å²) in [6, 6.07) is 10.8. The molecule has 0 fully saturated rings. The number of carbonyl (C=O) groups excluding carboxylic acids is 2. The van der Waals surface area contributed by atoms with Crippen LogP contribution < -0.4 is 21.1 Å². The highest BCUT2D eigenvalue weighted by molar-refractivity contribution is 7.89. The molecule has 130 valence electrons. The number of anilines is 2. The van der Waals surface area contributed by atoms with Gasteiger partial charge in [0.25, 0.3) is 5.91 Å². The Balaban J connectivity index is 1.80. The summed E-state index contributed by atoms with van der Waals surface area (Å²) in [6.07, 6.45) is -1.16. The summed E-state index contributed by atoms with van der Waals surface area (Å²) in [5.41, 5.74) is 7.10. The molecule has 8 nitrogen and oxygen atoms in total. The molecule has 0 aromatic heterocycles. The number of hydrogen-bond acceptors (Lipinski definition) is 5. The van der Waals surface area contributed by atoms with Crippen molar-refractivity contribution >= 4 is 33.2 Å². The fraction of sp³-hybridized carbons (Fsp3) is 0.125. The summed E-state index contributed by atoms with van der Waals surface area (Å²) < 4.78 is 26.9. The molecule has 5 N–H and O–H groups in total. The summed E-state index contributed by atoms with van der Waals surface area (Å²) in [6.45, 7) is 1.83. The van der Waals surface area contributed by atoms with Gasteiger partial charge >= 0.3 is 0 Å². The van der Waals surface area contributed by atoms with Gasteiger partial charge in [0.15, 0.2) is 6.17 Å². The topological polar surface area (TPSA) is 130 Å². The van der Waals surface area contributed by atoms with Gasteiger partial charge in [-0.3, -0.25) is 9.59 Å². The molecule has 0 radical (unpaired) electrons. The van der Waals surface area contributed by atoms with Gasteiger partial charge < -0.3 is 16.4 Å². The van der Waals surface area contributed by atoms with Crippen molar-refractivity contribution in [3.8, 4) is 0 Å². The Morgan fingerprint density at radius 1 is 1.12 bits per heavy atom. The summed E-state index contributed by atoms with van der Waals surface area (Å²) in [5.74, 6) is -1.16. The monoisotopic (exact) mass is 360 g/mol. The maximum atomic E-state index is 12.4. The number of sulfonamides is 1. The number of aryl methyl sites for hydroxylation is 1. The van der Waals surface area contributed by atoms with Crippen LogP contribution in [0.2, 0.25) is 0 Å². The van der Waals surface area contributed by atoms with E-state index in [1.54, 1.807) is 12.1 Å². The zero-order chi connectivity index (χ0) is 18.2. The predicted molar refractivity (Wildman–Crippen MR) is 92.5 cm³/mol. The van der Waals surface area contributed by atoms with Crippen LogP contribution in [0.5, 0.6) is 0 Å². The molecule has 9 heteroatoms. The Hall–Kier alpha value is -2.91. The number of rotatable bonds is 3. The lowest BCUT2D eigenvalue weighted by Gasteiger charge is -2.27. The van der Waals surface area contributed by atoms with Crippen molar-refractivity contribution in [3.05, 3.63) is 53.6 Å². The minimum Gasteiger partial charge on any atom is -0.366 e. The van der Waals surface area contributed by atoms with E-state index in [-0.39, 0.29) is 4.90 Å². The number of amides is 2. The Morgan fingerprint density at radius 3 is 2.44 bits per heavy atom. The van der Waals surface area contributed by atoms with Crippen molar-refractivity contribution in [2.24, 2.45) is 5.73 Å². The van der Waals surface area contributed by atoms with Gasteiger partial charge in [-0.1, -0.05) is 6.07 Å². The highest BCUT2D eigenvalue weighted by atomic mass is 32.2. The Morgan fingerprint density at radius 2 is 1.80 bits per heavy atom. The first-order valence-corrected chi connectivity index (χ1v) is 8.85. The van der Waals surface area contributed by atoms with E-state index in [2.05, 4.69) is 15.4 Å². The van der Waals surface area contributed by atoms with Gasteiger partial charge in [0.2, 0.25) is 15.9 Å². The summed E-state index contributed by atoms with van der Waals surface area (Å²) in [4.78, 5) is 23.5. The third-order valence-electron chi connectivity index (χ3n) is 3.70. The molecule has 25 heavy (non-hydrogen) atoms. The van der Waals surface area contributed by atoms with Crippen LogP contribution in [0, 0.1) is 6.92 Å². The zero-order valence-electron chi connectivity index (χ0n) is 13.2. The van der Waals surface area contributed by atoms with Crippen LogP contribution >= 0.6 is 0 Å². The van der Waals surface area contributed by atoms with E-state index >= 15 is 0 Å². The molecule has 1 aliphatic heterocycles. The van der Waals surface area contributed by atoms with Crippen molar-refractivity contribution in [2.75, 3.05) is 10.6 Å². The molecule has 2 amide bonds.